The molecule has 0 aliphatic rings. The lowest BCUT2D eigenvalue weighted by Crippen LogP contribution is -2.46. The maximum atomic E-state index is 5.31. The first-order valence-electron chi connectivity index (χ1n) is 6.59. The number of hydrogen-bond donors (Lipinski definition) is 2. The summed E-state index contributed by atoms with van der Waals surface area (Å²) in [4.78, 5) is 2.46. The summed E-state index contributed by atoms with van der Waals surface area (Å²) < 4.78 is 0. The van der Waals surface area contributed by atoms with Crippen LogP contribution in [-0.2, 0) is 0 Å². The Balaban J connectivity index is 0.000000321. The van der Waals surface area contributed by atoms with Crippen molar-refractivity contribution in [1.29, 1.82) is 0 Å². The van der Waals surface area contributed by atoms with Crippen LogP contribution in [0.25, 0.3) is 0 Å². The first-order chi connectivity index (χ1) is 8.40. The van der Waals surface area contributed by atoms with Gasteiger partial charge in [0, 0.05) is 12.1 Å². The highest BCUT2D eigenvalue weighted by Crippen LogP contribution is 2.02. The predicted molar refractivity (Wildman–Crippen MR) is 79.3 cm³/mol. The number of amidine groups is 1. The number of benzene rings is 1. The Morgan fingerprint density at radius 2 is 1.56 bits per heavy atom. The third-order valence-electron chi connectivity index (χ3n) is 2.80. The molecular formula is C15H28N3+. The predicted octanol–water partition coefficient (Wildman–Crippen LogP) is 1.28. The summed E-state index contributed by atoms with van der Waals surface area (Å²) in [5.74, 6) is 0.371. The van der Waals surface area contributed by atoms with Crippen molar-refractivity contribution in [3.63, 3.8) is 0 Å². The molecule has 0 heterocycles. The van der Waals surface area contributed by atoms with Gasteiger partial charge in [0.25, 0.3) is 5.84 Å². The van der Waals surface area contributed by atoms with Gasteiger partial charge in [-0.05, 0) is 46.4 Å². The van der Waals surface area contributed by atoms with Gasteiger partial charge in [0.2, 0.25) is 0 Å². The summed E-state index contributed by atoms with van der Waals surface area (Å²) in [6.45, 7) is 12.3. The van der Waals surface area contributed by atoms with Crippen molar-refractivity contribution in [3.8, 4) is 0 Å². The summed E-state index contributed by atoms with van der Waals surface area (Å²) in [6.07, 6.45) is 0. The average molecular weight is 250 g/mol. The molecule has 1 rings (SSSR count). The zero-order chi connectivity index (χ0) is 14.1. The fourth-order valence-electron chi connectivity index (χ4n) is 1.96. The van der Waals surface area contributed by atoms with Crippen LogP contribution in [-0.4, -0.2) is 29.4 Å². The molecule has 4 N–H and O–H groups in total. The van der Waals surface area contributed by atoms with E-state index in [2.05, 4.69) is 39.5 Å². The summed E-state index contributed by atoms with van der Waals surface area (Å²) in [5.41, 5.74) is 6.19. The number of rotatable bonds is 4. The van der Waals surface area contributed by atoms with Crippen LogP contribution in [0.3, 0.4) is 0 Å². The van der Waals surface area contributed by atoms with E-state index in [0.717, 1.165) is 12.1 Å². The lowest BCUT2D eigenvalue weighted by atomic mass is 10.2. The highest BCUT2D eigenvalue weighted by Gasteiger charge is 2.08. The Kier molecular flexibility index (Phi) is 8.05. The Hall–Kier alpha value is -1.35. The molecule has 0 aliphatic heterocycles. The summed E-state index contributed by atoms with van der Waals surface area (Å²) in [7, 11) is 0. The standard InChI is InChI=1S/C8H19N.C7H8N2/c1-6-9(7(2)3)8(4)5;8-7(9)6-4-2-1-3-5-6/h7-8H,6H2,1-5H3;1-5H,(H3,8,9)/p+1. The van der Waals surface area contributed by atoms with Gasteiger partial charge in [0.05, 0.1) is 5.56 Å². The smallest absolute Gasteiger partial charge is 0.270 e. The molecule has 102 valence electrons. The van der Waals surface area contributed by atoms with E-state index in [0.29, 0.717) is 17.9 Å². The van der Waals surface area contributed by atoms with E-state index in [1.807, 2.05) is 30.3 Å². The molecule has 0 amide bonds. The van der Waals surface area contributed by atoms with Crippen molar-refractivity contribution in [3.05, 3.63) is 35.9 Å². The highest BCUT2D eigenvalue weighted by molar-refractivity contribution is 5.92. The Morgan fingerprint density at radius 3 is 1.72 bits per heavy atom. The van der Waals surface area contributed by atoms with E-state index in [-0.39, 0.29) is 0 Å². The van der Waals surface area contributed by atoms with Gasteiger partial charge in [0.1, 0.15) is 0 Å². The van der Waals surface area contributed by atoms with Gasteiger partial charge in [-0.25, -0.2) is 0 Å². The molecule has 0 radical (unpaired) electrons. The molecule has 0 unspecified atom stereocenters. The van der Waals surface area contributed by atoms with Crippen molar-refractivity contribution < 1.29 is 5.41 Å². The lowest BCUT2D eigenvalue weighted by Gasteiger charge is -2.28. The molecule has 0 aliphatic carbocycles. The number of nitrogens with zero attached hydrogens (tertiary/aromatic N) is 1. The van der Waals surface area contributed by atoms with Gasteiger partial charge in [-0.1, -0.05) is 25.1 Å². The molecule has 0 fully saturated rings. The third-order valence-corrected chi connectivity index (χ3v) is 2.80. The van der Waals surface area contributed by atoms with Crippen molar-refractivity contribution in [2.75, 3.05) is 6.54 Å². The molecule has 0 bridgehead atoms. The van der Waals surface area contributed by atoms with Gasteiger partial charge in [-0.15, -0.1) is 0 Å². The molecule has 3 heteroatoms. The molecular weight excluding hydrogens is 222 g/mol. The van der Waals surface area contributed by atoms with E-state index in [1.54, 1.807) is 0 Å². The lowest BCUT2D eigenvalue weighted by molar-refractivity contribution is -0.114. The van der Waals surface area contributed by atoms with E-state index < -0.39 is 0 Å². The normalized spacial score (nSPS) is 10.4. The molecule has 0 atom stereocenters. The third kappa shape index (κ3) is 6.40. The largest absolute Gasteiger partial charge is 0.299 e. The fraction of sp³-hybridized carbons (Fsp3) is 0.533. The minimum absolute atomic E-state index is 0.371. The first-order valence-corrected chi connectivity index (χ1v) is 6.59. The van der Waals surface area contributed by atoms with Crippen molar-refractivity contribution in [2.45, 2.75) is 46.7 Å². The minimum Gasteiger partial charge on any atom is -0.299 e. The van der Waals surface area contributed by atoms with Gasteiger partial charge < -0.3 is 0 Å². The molecule has 1 aromatic carbocycles. The average Bonchev–Trinajstić information content (AvgIpc) is 2.30. The Labute approximate surface area is 112 Å². The van der Waals surface area contributed by atoms with Crippen LogP contribution in [0.2, 0.25) is 0 Å². The second-order valence-electron chi connectivity index (χ2n) is 4.84. The van der Waals surface area contributed by atoms with Crippen molar-refractivity contribution in [2.24, 2.45) is 5.73 Å². The second kappa shape index (κ2) is 8.70. The highest BCUT2D eigenvalue weighted by atomic mass is 15.2. The zero-order valence-electron chi connectivity index (χ0n) is 12.4. The van der Waals surface area contributed by atoms with Crippen LogP contribution in [0.4, 0.5) is 0 Å². The topological polar surface area (TPSA) is 54.8 Å². The summed E-state index contributed by atoms with van der Waals surface area (Å²) in [6, 6.07) is 10.8. The second-order valence-corrected chi connectivity index (χ2v) is 4.84. The van der Waals surface area contributed by atoms with Gasteiger partial charge >= 0.3 is 0 Å². The molecule has 0 saturated heterocycles. The molecule has 1 aromatic rings. The first kappa shape index (κ1) is 16.6. The van der Waals surface area contributed by atoms with E-state index in [9.17, 15) is 0 Å². The van der Waals surface area contributed by atoms with E-state index in [1.165, 1.54) is 0 Å². The zero-order valence-corrected chi connectivity index (χ0v) is 12.4. The molecule has 3 nitrogen and oxygen atoms in total. The van der Waals surface area contributed by atoms with Gasteiger partial charge in [-0.3, -0.25) is 16.0 Å². The van der Waals surface area contributed by atoms with E-state index >= 15 is 0 Å². The maximum absolute atomic E-state index is 5.31. The van der Waals surface area contributed by atoms with Crippen LogP contribution in [0.15, 0.2) is 30.3 Å². The van der Waals surface area contributed by atoms with Crippen molar-refractivity contribution >= 4 is 5.84 Å². The number of nitrogens with two attached hydrogens (primary N) is 2. The SMILES string of the molecule is CCN(C(C)C)C(C)C.NC(=[NH2+])c1ccccc1. The van der Waals surface area contributed by atoms with Gasteiger partial charge in [0.15, 0.2) is 0 Å². The molecule has 0 aromatic heterocycles. The Bertz CT molecular complexity index is 323. The minimum atomic E-state index is 0.371. The van der Waals surface area contributed by atoms with Crippen LogP contribution < -0.4 is 11.1 Å². The summed E-state index contributed by atoms with van der Waals surface area (Å²) in [5, 5.41) is 5.31. The summed E-state index contributed by atoms with van der Waals surface area (Å²) >= 11 is 0. The Morgan fingerprint density at radius 1 is 1.11 bits per heavy atom. The van der Waals surface area contributed by atoms with Crippen LogP contribution in [0, 0.1) is 0 Å². The van der Waals surface area contributed by atoms with Crippen LogP contribution >= 0.6 is 0 Å². The monoisotopic (exact) mass is 250 g/mol. The molecule has 0 saturated carbocycles. The van der Waals surface area contributed by atoms with Gasteiger partial charge in [-0.2, -0.15) is 0 Å². The molecule has 18 heavy (non-hydrogen) atoms. The van der Waals surface area contributed by atoms with E-state index in [4.69, 9.17) is 11.1 Å². The molecule has 0 spiro atoms. The number of hydrogen-bond acceptors (Lipinski definition) is 1. The fourth-order valence-corrected chi connectivity index (χ4v) is 1.96. The van der Waals surface area contributed by atoms with Crippen molar-refractivity contribution in [1.82, 2.24) is 4.90 Å². The quantitative estimate of drug-likeness (QED) is 0.625. The van der Waals surface area contributed by atoms with Crippen LogP contribution in [0.5, 0.6) is 0 Å². The maximum Gasteiger partial charge on any atom is 0.270 e. The van der Waals surface area contributed by atoms with Crippen LogP contribution in [0.1, 0.15) is 40.2 Å².